The van der Waals surface area contributed by atoms with Crippen LogP contribution in [0, 0.1) is 11.3 Å². The molecule has 0 amide bonds. The molecule has 1 aliphatic rings. The van der Waals surface area contributed by atoms with Crippen molar-refractivity contribution < 1.29 is 0 Å². The molecule has 1 aromatic heterocycles. The average molecular weight is 269 g/mol. The molecule has 0 radical (unpaired) electrons. The van der Waals surface area contributed by atoms with Crippen molar-refractivity contribution in [3.63, 3.8) is 0 Å². The number of thiazole rings is 1. The van der Waals surface area contributed by atoms with Crippen LogP contribution in [0.1, 0.15) is 28.8 Å². The molecule has 4 heteroatoms. The van der Waals surface area contributed by atoms with Crippen LogP contribution in [0.15, 0.2) is 18.2 Å². The van der Waals surface area contributed by atoms with Gasteiger partial charge < -0.3 is 5.32 Å². The van der Waals surface area contributed by atoms with Gasteiger partial charge in [0.2, 0.25) is 0 Å². The molecule has 96 valence electrons. The molecule has 3 nitrogen and oxygen atoms in total. The number of benzene rings is 1. The van der Waals surface area contributed by atoms with Gasteiger partial charge in [-0.1, -0.05) is 23.5 Å². The van der Waals surface area contributed by atoms with E-state index in [0.29, 0.717) is 4.88 Å². The maximum Gasteiger partial charge on any atom is 0.184 e. The molecule has 1 aromatic carbocycles. The number of nitrogens with one attached hydrogen (secondary N) is 1. The molecular weight excluding hydrogens is 254 g/mol. The second-order valence-corrected chi connectivity index (χ2v) is 5.75. The Morgan fingerprint density at radius 2 is 2.05 bits per heavy atom. The Labute approximate surface area is 116 Å². The molecular formula is C15H15N3S. The first-order valence-corrected chi connectivity index (χ1v) is 7.34. The molecule has 0 atom stereocenters. The average Bonchev–Trinajstić information content (AvgIpc) is 2.90. The fourth-order valence-corrected chi connectivity index (χ4v) is 3.32. The van der Waals surface area contributed by atoms with Gasteiger partial charge in [-0.2, -0.15) is 5.26 Å². The van der Waals surface area contributed by atoms with Crippen LogP contribution in [0.4, 0.5) is 5.13 Å². The van der Waals surface area contributed by atoms with Crippen molar-refractivity contribution in [2.24, 2.45) is 0 Å². The number of nitriles is 1. The predicted molar refractivity (Wildman–Crippen MR) is 78.5 cm³/mol. The first kappa shape index (κ1) is 12.2. The van der Waals surface area contributed by atoms with Crippen LogP contribution < -0.4 is 5.32 Å². The van der Waals surface area contributed by atoms with Crippen molar-refractivity contribution >= 4 is 16.5 Å². The minimum Gasteiger partial charge on any atom is -0.365 e. The number of hydrogen-bond acceptors (Lipinski definition) is 4. The highest BCUT2D eigenvalue weighted by Crippen LogP contribution is 2.32. The summed E-state index contributed by atoms with van der Waals surface area (Å²) in [4.78, 5) is 5.18. The van der Waals surface area contributed by atoms with Gasteiger partial charge in [-0.05, 0) is 42.9 Å². The van der Waals surface area contributed by atoms with Crippen molar-refractivity contribution in [2.45, 2.75) is 25.7 Å². The summed E-state index contributed by atoms with van der Waals surface area (Å²) in [6, 6.07) is 8.75. The minimum absolute atomic E-state index is 0.681. The molecule has 0 saturated heterocycles. The van der Waals surface area contributed by atoms with Crippen LogP contribution in [0.5, 0.6) is 0 Å². The summed E-state index contributed by atoms with van der Waals surface area (Å²) in [6.45, 7) is 0. The van der Waals surface area contributed by atoms with Crippen LogP contribution in [-0.2, 0) is 12.8 Å². The van der Waals surface area contributed by atoms with Crippen LogP contribution >= 0.6 is 11.3 Å². The van der Waals surface area contributed by atoms with Crippen molar-refractivity contribution in [3.05, 3.63) is 34.2 Å². The minimum atomic E-state index is 0.681. The molecule has 0 fully saturated rings. The Bertz CT molecular complexity index is 652. The molecule has 0 aliphatic heterocycles. The van der Waals surface area contributed by atoms with Gasteiger partial charge in [0, 0.05) is 12.6 Å². The molecule has 0 unspecified atom stereocenters. The lowest BCUT2D eigenvalue weighted by atomic mass is 9.90. The predicted octanol–water partition coefficient (Wildman–Crippen LogP) is 3.60. The third-order valence-electron chi connectivity index (χ3n) is 3.56. The first-order chi connectivity index (χ1) is 9.31. The summed E-state index contributed by atoms with van der Waals surface area (Å²) in [6.07, 6.45) is 4.88. The lowest BCUT2D eigenvalue weighted by Gasteiger charge is -2.16. The van der Waals surface area contributed by atoms with Crippen molar-refractivity contribution in [1.29, 1.82) is 5.26 Å². The Balaban J connectivity index is 2.07. The van der Waals surface area contributed by atoms with Gasteiger partial charge >= 0.3 is 0 Å². The summed E-state index contributed by atoms with van der Waals surface area (Å²) in [5.41, 5.74) is 4.75. The highest BCUT2D eigenvalue weighted by Gasteiger charge is 2.15. The number of aryl methyl sites for hydroxylation is 2. The second kappa shape index (κ2) is 5.02. The lowest BCUT2D eigenvalue weighted by molar-refractivity contribution is 0.686. The third kappa shape index (κ3) is 2.22. The normalized spacial score (nSPS) is 13.7. The third-order valence-corrected chi connectivity index (χ3v) is 4.54. The molecule has 1 N–H and O–H groups in total. The number of hydrogen-bond donors (Lipinski definition) is 1. The molecule has 3 rings (SSSR count). The Morgan fingerprint density at radius 3 is 2.79 bits per heavy atom. The van der Waals surface area contributed by atoms with Gasteiger partial charge in [-0.15, -0.1) is 0 Å². The topological polar surface area (TPSA) is 48.7 Å². The maximum absolute atomic E-state index is 9.22. The van der Waals surface area contributed by atoms with Crippen LogP contribution in [0.3, 0.4) is 0 Å². The van der Waals surface area contributed by atoms with Crippen LogP contribution in [0.2, 0.25) is 0 Å². The van der Waals surface area contributed by atoms with E-state index in [1.807, 2.05) is 7.05 Å². The number of fused-ring (bicyclic) bond motifs is 1. The van der Waals surface area contributed by atoms with Gasteiger partial charge in [0.1, 0.15) is 16.6 Å². The number of aromatic nitrogens is 1. The zero-order valence-electron chi connectivity index (χ0n) is 10.9. The van der Waals surface area contributed by atoms with E-state index in [4.69, 9.17) is 0 Å². The van der Waals surface area contributed by atoms with Gasteiger partial charge in [0.05, 0.1) is 0 Å². The first-order valence-electron chi connectivity index (χ1n) is 6.52. The quantitative estimate of drug-likeness (QED) is 0.906. The van der Waals surface area contributed by atoms with Crippen LogP contribution in [-0.4, -0.2) is 12.0 Å². The monoisotopic (exact) mass is 269 g/mol. The molecule has 2 aromatic rings. The number of nitrogens with zero attached hydrogens (tertiary/aromatic N) is 2. The van der Waals surface area contributed by atoms with E-state index in [9.17, 15) is 5.26 Å². The van der Waals surface area contributed by atoms with Crippen molar-refractivity contribution in [2.75, 3.05) is 12.4 Å². The van der Waals surface area contributed by atoms with E-state index < -0.39 is 0 Å². The van der Waals surface area contributed by atoms with Gasteiger partial charge in [0.25, 0.3) is 0 Å². The zero-order chi connectivity index (χ0) is 13.2. The summed E-state index contributed by atoms with van der Waals surface area (Å²) in [5.74, 6) is 0. The standard InChI is InChI=1S/C15H15N3S/c1-17-15-18-14(13(9-16)19-15)12-7-6-10-4-2-3-5-11(10)8-12/h6-8H,2-5H2,1H3,(H,17,18). The number of rotatable bonds is 2. The largest absolute Gasteiger partial charge is 0.365 e. The van der Waals surface area contributed by atoms with E-state index in [1.54, 1.807) is 0 Å². The van der Waals surface area contributed by atoms with Gasteiger partial charge in [0.15, 0.2) is 5.13 Å². The van der Waals surface area contributed by atoms with Crippen molar-refractivity contribution in [1.82, 2.24) is 4.98 Å². The molecule has 0 bridgehead atoms. The number of anilines is 1. The van der Waals surface area contributed by atoms with E-state index in [1.165, 1.54) is 41.7 Å². The van der Waals surface area contributed by atoms with E-state index >= 15 is 0 Å². The second-order valence-electron chi connectivity index (χ2n) is 4.75. The molecule has 0 spiro atoms. The summed E-state index contributed by atoms with van der Waals surface area (Å²) in [7, 11) is 1.83. The Hall–Kier alpha value is -1.86. The maximum atomic E-state index is 9.22. The SMILES string of the molecule is CNc1nc(-c2ccc3c(c2)CCCC3)c(C#N)s1. The Kier molecular flexibility index (Phi) is 3.22. The van der Waals surface area contributed by atoms with E-state index in [2.05, 4.69) is 34.6 Å². The smallest absolute Gasteiger partial charge is 0.184 e. The summed E-state index contributed by atoms with van der Waals surface area (Å²) in [5, 5.41) is 13.0. The Morgan fingerprint density at radius 1 is 1.26 bits per heavy atom. The van der Waals surface area contributed by atoms with Crippen LogP contribution in [0.25, 0.3) is 11.3 Å². The zero-order valence-corrected chi connectivity index (χ0v) is 11.7. The molecule has 1 heterocycles. The molecule has 0 saturated carbocycles. The van der Waals surface area contributed by atoms with E-state index in [0.717, 1.165) is 22.8 Å². The lowest BCUT2D eigenvalue weighted by Crippen LogP contribution is -2.02. The van der Waals surface area contributed by atoms with Crippen molar-refractivity contribution in [3.8, 4) is 17.3 Å². The fourth-order valence-electron chi connectivity index (χ4n) is 2.58. The molecule has 1 aliphatic carbocycles. The summed E-state index contributed by atoms with van der Waals surface area (Å²) < 4.78 is 0. The van der Waals surface area contributed by atoms with Gasteiger partial charge in [-0.3, -0.25) is 0 Å². The molecule has 19 heavy (non-hydrogen) atoms. The highest BCUT2D eigenvalue weighted by molar-refractivity contribution is 7.16. The highest BCUT2D eigenvalue weighted by atomic mass is 32.1. The fraction of sp³-hybridized carbons (Fsp3) is 0.333. The van der Waals surface area contributed by atoms with Gasteiger partial charge in [-0.25, -0.2) is 4.98 Å². The van der Waals surface area contributed by atoms with E-state index in [-0.39, 0.29) is 0 Å². The summed E-state index contributed by atoms with van der Waals surface area (Å²) >= 11 is 1.41.